The van der Waals surface area contributed by atoms with E-state index in [1.54, 1.807) is 17.1 Å². The summed E-state index contributed by atoms with van der Waals surface area (Å²) in [6, 6.07) is 2.12. The van der Waals surface area contributed by atoms with Crippen LogP contribution in [0.15, 0.2) is 18.6 Å². The average molecular weight is 445 g/mol. The second-order valence-electron chi connectivity index (χ2n) is 8.45. The van der Waals surface area contributed by atoms with E-state index in [-0.39, 0.29) is 5.54 Å². The second kappa shape index (κ2) is 7.23. The Morgan fingerprint density at radius 1 is 1.37 bits per heavy atom. The van der Waals surface area contributed by atoms with E-state index >= 15 is 0 Å². The van der Waals surface area contributed by atoms with Gasteiger partial charge in [0.05, 0.1) is 17.9 Å². The molecule has 1 atom stereocenters. The van der Waals surface area contributed by atoms with E-state index in [4.69, 9.17) is 16.2 Å². The van der Waals surface area contributed by atoms with Crippen LogP contribution in [0.2, 0.25) is 0 Å². The zero-order chi connectivity index (χ0) is 20.9. The summed E-state index contributed by atoms with van der Waals surface area (Å²) in [5.74, 6) is 1.39. The fraction of sp³-hybridized carbons (Fsp3) is 0.579. The molecule has 0 bridgehead atoms. The number of anilines is 1. The lowest BCUT2D eigenvalue weighted by atomic mass is 9.87. The van der Waals surface area contributed by atoms with E-state index in [1.807, 2.05) is 13.2 Å². The van der Waals surface area contributed by atoms with Crippen LogP contribution in [0.25, 0.3) is 11.3 Å². The number of piperidine rings is 1. The summed E-state index contributed by atoms with van der Waals surface area (Å²) in [5, 5.41) is 13.6. The number of nitrogens with zero attached hydrogens (tertiary/aromatic N) is 7. The van der Waals surface area contributed by atoms with E-state index in [0.717, 1.165) is 43.9 Å². The molecule has 2 aliphatic heterocycles. The Labute approximate surface area is 181 Å². The lowest BCUT2D eigenvalue weighted by Crippen LogP contribution is -2.55. The SMILES string of the molecule is Cn1cc(-c2nc(N3CCC4(CC3)CNS(=O)(=S)N4CC3CC3)cnc2C#N)cn1. The topological polar surface area (TPSA) is 103 Å². The minimum absolute atomic E-state index is 0.149. The first kappa shape index (κ1) is 19.8. The molecular weight excluding hydrogens is 420 g/mol. The molecule has 0 amide bonds. The van der Waals surface area contributed by atoms with Gasteiger partial charge in [-0.25, -0.2) is 23.2 Å². The van der Waals surface area contributed by atoms with Crippen LogP contribution in [-0.2, 0) is 27.1 Å². The van der Waals surface area contributed by atoms with Crippen LogP contribution in [0.4, 0.5) is 5.82 Å². The number of hydrogen-bond donors (Lipinski definition) is 1. The Hall–Kier alpha value is -2.13. The van der Waals surface area contributed by atoms with Gasteiger partial charge in [0.2, 0.25) is 0 Å². The van der Waals surface area contributed by atoms with Crippen molar-refractivity contribution in [2.24, 2.45) is 13.0 Å². The minimum Gasteiger partial charge on any atom is -0.355 e. The molecule has 9 nitrogen and oxygen atoms in total. The van der Waals surface area contributed by atoms with Gasteiger partial charge in [-0.3, -0.25) is 4.68 Å². The van der Waals surface area contributed by atoms with Gasteiger partial charge < -0.3 is 4.90 Å². The molecule has 5 rings (SSSR count). The summed E-state index contributed by atoms with van der Waals surface area (Å²) in [6.07, 6.45) is 9.35. The van der Waals surface area contributed by atoms with Gasteiger partial charge in [0.25, 0.3) is 0 Å². The zero-order valence-corrected chi connectivity index (χ0v) is 18.5. The van der Waals surface area contributed by atoms with Gasteiger partial charge in [-0.15, -0.1) is 0 Å². The first-order valence-corrected chi connectivity index (χ1v) is 12.6. The molecule has 2 aromatic rings. The summed E-state index contributed by atoms with van der Waals surface area (Å²) in [7, 11) is -0.726. The normalized spacial score (nSPS) is 26.2. The van der Waals surface area contributed by atoms with Crippen molar-refractivity contribution in [3.8, 4) is 17.3 Å². The largest absolute Gasteiger partial charge is 0.355 e. The number of hydrogen-bond acceptors (Lipinski definition) is 7. The summed E-state index contributed by atoms with van der Waals surface area (Å²) >= 11 is 5.42. The molecule has 2 aromatic heterocycles. The van der Waals surface area contributed by atoms with Crippen LogP contribution >= 0.6 is 0 Å². The lowest BCUT2D eigenvalue weighted by Gasteiger charge is -2.43. The smallest absolute Gasteiger partial charge is 0.167 e. The predicted molar refractivity (Wildman–Crippen MR) is 116 cm³/mol. The third kappa shape index (κ3) is 3.47. The van der Waals surface area contributed by atoms with Crippen LogP contribution in [0.5, 0.6) is 0 Å². The van der Waals surface area contributed by atoms with Crippen molar-refractivity contribution >= 4 is 25.9 Å². The van der Waals surface area contributed by atoms with Gasteiger partial charge in [0.1, 0.15) is 17.6 Å². The van der Waals surface area contributed by atoms with Gasteiger partial charge >= 0.3 is 0 Å². The molecule has 3 aliphatic rings. The number of aryl methyl sites for hydroxylation is 1. The molecule has 4 heterocycles. The third-order valence-electron chi connectivity index (χ3n) is 6.39. The van der Waals surface area contributed by atoms with Crippen molar-refractivity contribution in [3.05, 3.63) is 24.3 Å². The summed E-state index contributed by atoms with van der Waals surface area (Å²) in [5.41, 5.74) is 1.47. The maximum absolute atomic E-state index is 12.9. The standard InChI is InChI=1S/C19H24N8OS2/c1-25-12-15(9-22-25)18-16(8-20)21-10-17(24-18)26-6-4-19(5-7-26)13-23-30(28,29)27(19)11-14-2-3-14/h9-10,12,14,23H,2-7,11,13H2,1H3. The van der Waals surface area contributed by atoms with Crippen LogP contribution in [0.1, 0.15) is 31.4 Å². The maximum Gasteiger partial charge on any atom is 0.167 e. The quantitative estimate of drug-likeness (QED) is 0.750. The van der Waals surface area contributed by atoms with Gasteiger partial charge in [-0.2, -0.15) is 10.4 Å². The monoisotopic (exact) mass is 444 g/mol. The Bertz CT molecular complexity index is 1110. The van der Waals surface area contributed by atoms with Gasteiger partial charge in [-0.05, 0) is 31.6 Å². The number of nitriles is 1. The first-order chi connectivity index (χ1) is 14.4. The predicted octanol–water partition coefficient (Wildman–Crippen LogP) is 0.979. The van der Waals surface area contributed by atoms with E-state index in [0.29, 0.717) is 23.9 Å². The maximum atomic E-state index is 12.9. The van der Waals surface area contributed by atoms with E-state index in [2.05, 4.69) is 30.1 Å². The lowest BCUT2D eigenvalue weighted by molar-refractivity contribution is 0.172. The molecule has 30 heavy (non-hydrogen) atoms. The van der Waals surface area contributed by atoms with Gasteiger partial charge in [0.15, 0.2) is 14.6 Å². The minimum atomic E-state index is -2.56. The second-order valence-corrected chi connectivity index (χ2v) is 11.5. The average Bonchev–Trinajstić information content (AvgIpc) is 3.42. The van der Waals surface area contributed by atoms with Crippen LogP contribution < -0.4 is 9.62 Å². The van der Waals surface area contributed by atoms with Crippen molar-refractivity contribution in [2.75, 3.05) is 31.1 Å². The van der Waals surface area contributed by atoms with Crippen molar-refractivity contribution in [3.63, 3.8) is 0 Å². The molecule has 1 spiro atoms. The van der Waals surface area contributed by atoms with Crippen molar-refractivity contribution in [1.29, 1.82) is 5.26 Å². The number of rotatable bonds is 4. The Morgan fingerprint density at radius 3 is 2.77 bits per heavy atom. The van der Waals surface area contributed by atoms with Gasteiger partial charge in [-0.1, -0.05) is 0 Å². The van der Waals surface area contributed by atoms with Crippen molar-refractivity contribution in [1.82, 2.24) is 28.8 Å². The fourth-order valence-electron chi connectivity index (χ4n) is 4.41. The highest BCUT2D eigenvalue weighted by molar-refractivity contribution is 8.30. The summed E-state index contributed by atoms with van der Waals surface area (Å²) in [6.45, 7) is 3.06. The van der Waals surface area contributed by atoms with Crippen LogP contribution in [-0.4, -0.2) is 60.0 Å². The number of nitrogens with one attached hydrogen (secondary N) is 1. The molecule has 1 saturated carbocycles. The fourth-order valence-corrected chi connectivity index (χ4v) is 7.01. The van der Waals surface area contributed by atoms with Crippen molar-refractivity contribution < 1.29 is 4.21 Å². The van der Waals surface area contributed by atoms with Crippen molar-refractivity contribution in [2.45, 2.75) is 31.2 Å². The van der Waals surface area contributed by atoms with Gasteiger partial charge in [0, 0.05) is 56.2 Å². The number of aromatic nitrogens is 4. The third-order valence-corrected chi connectivity index (χ3v) is 8.91. The highest BCUT2D eigenvalue weighted by Crippen LogP contribution is 2.40. The molecule has 1 N–H and O–H groups in total. The van der Waals surface area contributed by atoms with Crippen LogP contribution in [0.3, 0.4) is 0 Å². The molecular formula is C19H24N8OS2. The van der Waals surface area contributed by atoms with E-state index in [9.17, 15) is 9.47 Å². The Balaban J connectivity index is 1.37. The molecule has 1 aliphatic carbocycles. The first-order valence-electron chi connectivity index (χ1n) is 10.2. The summed E-state index contributed by atoms with van der Waals surface area (Å²) < 4.78 is 19.8. The van der Waals surface area contributed by atoms with E-state index in [1.165, 1.54) is 12.8 Å². The highest BCUT2D eigenvalue weighted by atomic mass is 32.8. The molecule has 158 valence electrons. The van der Waals surface area contributed by atoms with E-state index < -0.39 is 8.86 Å². The Morgan fingerprint density at radius 2 is 2.13 bits per heavy atom. The molecule has 11 heteroatoms. The molecule has 3 fully saturated rings. The highest BCUT2D eigenvalue weighted by Gasteiger charge is 2.50. The molecule has 1 unspecified atom stereocenters. The van der Waals surface area contributed by atoms with Crippen LogP contribution in [0, 0.1) is 17.2 Å². The summed E-state index contributed by atoms with van der Waals surface area (Å²) in [4.78, 5) is 11.3. The zero-order valence-electron chi connectivity index (χ0n) is 16.8. The molecule has 0 aromatic carbocycles. The Kier molecular flexibility index (Phi) is 4.77. The molecule has 2 saturated heterocycles. The molecule has 0 radical (unpaired) electrons.